The number of benzene rings is 1. The molecule has 2 atom stereocenters. The summed E-state index contributed by atoms with van der Waals surface area (Å²) in [6.07, 6.45) is 2.52. The third-order valence-corrected chi connectivity index (χ3v) is 8.79. The van der Waals surface area contributed by atoms with Crippen LogP contribution in [0.5, 0.6) is 0 Å². The first kappa shape index (κ1) is 29.6. The first-order valence-electron chi connectivity index (χ1n) is 13.7. The lowest BCUT2D eigenvalue weighted by Crippen LogP contribution is -2.38. The number of aryl methyl sites for hydroxylation is 3. The van der Waals surface area contributed by atoms with Crippen LogP contribution in [0.1, 0.15) is 33.6 Å². The summed E-state index contributed by atoms with van der Waals surface area (Å²) >= 11 is 18.5. The molecule has 2 saturated heterocycles. The lowest BCUT2D eigenvalue weighted by molar-refractivity contribution is 0.0772. The number of likely N-dealkylation sites (tertiary alicyclic amines) is 2. The first-order chi connectivity index (χ1) is 19.6. The van der Waals surface area contributed by atoms with Gasteiger partial charge in [-0.05, 0) is 87.0 Å². The molecule has 2 unspecified atom stereocenters. The van der Waals surface area contributed by atoms with Crippen molar-refractivity contribution >= 4 is 58.1 Å². The molecule has 1 aromatic carbocycles. The monoisotopic (exact) mass is 614 g/mol. The van der Waals surface area contributed by atoms with Gasteiger partial charge in [0.05, 0.1) is 11.3 Å². The zero-order valence-electron chi connectivity index (χ0n) is 23.3. The van der Waals surface area contributed by atoms with Gasteiger partial charge in [-0.2, -0.15) is 0 Å². The van der Waals surface area contributed by atoms with Crippen LogP contribution in [-0.2, 0) is 0 Å². The number of hydrogen-bond acceptors (Lipinski definition) is 5. The van der Waals surface area contributed by atoms with E-state index in [0.717, 1.165) is 61.5 Å². The maximum atomic E-state index is 13.4. The minimum absolute atomic E-state index is 0.0873. The second-order valence-corrected chi connectivity index (χ2v) is 12.1. The van der Waals surface area contributed by atoms with E-state index < -0.39 is 0 Å². The number of urea groups is 1. The minimum Gasteiger partial charge on any atom is -0.338 e. The van der Waals surface area contributed by atoms with Gasteiger partial charge in [-0.3, -0.25) is 14.7 Å². The van der Waals surface area contributed by atoms with E-state index in [9.17, 15) is 9.59 Å². The lowest BCUT2D eigenvalue weighted by atomic mass is 10.0. The number of carbonyl (C=O) groups is 2. The van der Waals surface area contributed by atoms with Gasteiger partial charge in [0.15, 0.2) is 0 Å². The molecule has 216 valence electrons. The number of fused-ring (bicyclic) bond motifs is 1. The van der Waals surface area contributed by atoms with Crippen molar-refractivity contribution in [2.24, 2.45) is 11.8 Å². The zero-order valence-corrected chi connectivity index (χ0v) is 25.6. The molecule has 1 N–H and O–H groups in total. The lowest BCUT2D eigenvalue weighted by Gasteiger charge is -2.26. The van der Waals surface area contributed by atoms with E-state index in [2.05, 4.69) is 20.2 Å². The molecule has 3 aromatic rings. The maximum absolute atomic E-state index is 13.4. The topological polar surface area (TPSA) is 81.7 Å². The van der Waals surface area contributed by atoms with Crippen molar-refractivity contribution in [2.75, 3.05) is 49.5 Å². The van der Waals surface area contributed by atoms with E-state index in [1.54, 1.807) is 29.3 Å². The van der Waals surface area contributed by atoms with E-state index in [0.29, 0.717) is 34.8 Å². The van der Waals surface area contributed by atoms with Crippen LogP contribution in [0.15, 0.2) is 42.6 Å². The molecular weight excluding hydrogens is 583 g/mol. The number of nitrogens with zero attached hydrogens (tertiary/aromatic N) is 5. The van der Waals surface area contributed by atoms with E-state index in [4.69, 9.17) is 34.8 Å². The van der Waals surface area contributed by atoms with Crippen molar-refractivity contribution in [3.63, 3.8) is 0 Å². The van der Waals surface area contributed by atoms with Crippen molar-refractivity contribution in [3.8, 4) is 0 Å². The number of halogens is 3. The molecule has 2 aliphatic heterocycles. The normalized spacial score (nSPS) is 18.4. The molecule has 0 spiro atoms. The molecule has 0 bridgehead atoms. The summed E-state index contributed by atoms with van der Waals surface area (Å²) in [4.78, 5) is 41.0. The number of hydrogen-bond donors (Lipinski definition) is 1. The Bertz CT molecular complexity index is 1410. The SMILES string of the molecule is Cc1ccc(N(CCCN2CC3CN(C(=O)c4c(C)ccnc4C)CC3C2)C(=O)Nc2cc(Cl)nc(Cl)c2)cc1Cl. The van der Waals surface area contributed by atoms with Crippen LogP contribution >= 0.6 is 34.8 Å². The van der Waals surface area contributed by atoms with Gasteiger partial charge in [-0.1, -0.05) is 40.9 Å². The Hall–Kier alpha value is -2.91. The Morgan fingerprint density at radius 2 is 1.63 bits per heavy atom. The highest BCUT2D eigenvalue weighted by molar-refractivity contribution is 6.33. The van der Waals surface area contributed by atoms with Crippen LogP contribution < -0.4 is 10.2 Å². The Balaban J connectivity index is 1.19. The molecule has 4 heterocycles. The van der Waals surface area contributed by atoms with E-state index in [1.165, 1.54) is 0 Å². The summed E-state index contributed by atoms with van der Waals surface area (Å²) in [6, 6.07) is 10.3. The van der Waals surface area contributed by atoms with Crippen LogP contribution in [0, 0.1) is 32.6 Å². The fourth-order valence-electron chi connectivity index (χ4n) is 5.89. The molecule has 0 saturated carbocycles. The van der Waals surface area contributed by atoms with Crippen LogP contribution in [0.2, 0.25) is 15.3 Å². The second kappa shape index (κ2) is 12.5. The van der Waals surface area contributed by atoms with Crippen molar-refractivity contribution in [1.82, 2.24) is 19.8 Å². The third-order valence-electron chi connectivity index (χ3n) is 7.99. The van der Waals surface area contributed by atoms with Crippen molar-refractivity contribution < 1.29 is 9.59 Å². The molecule has 0 aliphatic carbocycles. The highest BCUT2D eigenvalue weighted by Crippen LogP contribution is 2.33. The summed E-state index contributed by atoms with van der Waals surface area (Å²) in [5, 5.41) is 3.87. The molecule has 2 aromatic heterocycles. The highest BCUT2D eigenvalue weighted by atomic mass is 35.5. The fraction of sp³-hybridized carbons (Fsp3) is 0.400. The summed E-state index contributed by atoms with van der Waals surface area (Å²) < 4.78 is 0. The maximum Gasteiger partial charge on any atom is 0.326 e. The molecular formula is C30H33Cl3N6O2. The molecule has 11 heteroatoms. The Labute approximate surface area is 255 Å². The summed E-state index contributed by atoms with van der Waals surface area (Å²) in [6.45, 7) is 10.5. The number of nitrogens with one attached hydrogen (secondary N) is 1. The third kappa shape index (κ3) is 6.78. The molecule has 5 rings (SSSR count). The number of carbonyl (C=O) groups excluding carboxylic acids is 2. The van der Waals surface area contributed by atoms with Gasteiger partial charge in [0.1, 0.15) is 10.3 Å². The van der Waals surface area contributed by atoms with Gasteiger partial charge in [-0.25, -0.2) is 9.78 Å². The Kier molecular flexibility index (Phi) is 9.04. The summed E-state index contributed by atoms with van der Waals surface area (Å²) in [7, 11) is 0. The van der Waals surface area contributed by atoms with Crippen molar-refractivity contribution in [1.29, 1.82) is 0 Å². The molecule has 2 aliphatic rings. The predicted octanol–water partition coefficient (Wildman–Crippen LogP) is 6.49. The van der Waals surface area contributed by atoms with Gasteiger partial charge in [0, 0.05) is 55.3 Å². The zero-order chi connectivity index (χ0) is 29.3. The molecule has 2 fully saturated rings. The van der Waals surface area contributed by atoms with E-state index in [1.807, 2.05) is 43.9 Å². The summed E-state index contributed by atoms with van der Waals surface area (Å²) in [5.74, 6) is 0.990. The number of aromatic nitrogens is 2. The average Bonchev–Trinajstić information content (AvgIpc) is 3.47. The van der Waals surface area contributed by atoms with E-state index >= 15 is 0 Å². The molecule has 0 radical (unpaired) electrons. The molecule has 41 heavy (non-hydrogen) atoms. The van der Waals surface area contributed by atoms with Gasteiger partial charge >= 0.3 is 6.03 Å². The van der Waals surface area contributed by atoms with Gasteiger partial charge in [0.2, 0.25) is 0 Å². The highest BCUT2D eigenvalue weighted by Gasteiger charge is 2.42. The average molecular weight is 616 g/mol. The number of pyridine rings is 2. The summed E-state index contributed by atoms with van der Waals surface area (Å²) in [5.41, 5.74) is 4.60. The van der Waals surface area contributed by atoms with Crippen molar-refractivity contribution in [3.05, 3.63) is 80.3 Å². The smallest absolute Gasteiger partial charge is 0.326 e. The minimum atomic E-state index is -0.309. The quantitative estimate of drug-likeness (QED) is 0.307. The van der Waals surface area contributed by atoms with Gasteiger partial charge < -0.3 is 15.1 Å². The fourth-order valence-corrected chi connectivity index (χ4v) is 6.53. The second-order valence-electron chi connectivity index (χ2n) is 10.9. The van der Waals surface area contributed by atoms with Crippen LogP contribution in [0.3, 0.4) is 0 Å². The van der Waals surface area contributed by atoms with Crippen LogP contribution in [-0.4, -0.2) is 71.0 Å². The largest absolute Gasteiger partial charge is 0.338 e. The Morgan fingerprint density at radius 1 is 0.951 bits per heavy atom. The van der Waals surface area contributed by atoms with E-state index in [-0.39, 0.29) is 22.2 Å². The first-order valence-corrected chi connectivity index (χ1v) is 14.8. The Morgan fingerprint density at radius 3 is 2.27 bits per heavy atom. The number of anilines is 2. The van der Waals surface area contributed by atoms with Crippen molar-refractivity contribution in [2.45, 2.75) is 27.2 Å². The molecule has 3 amide bonds. The molecule has 8 nitrogen and oxygen atoms in total. The van der Waals surface area contributed by atoms with Gasteiger partial charge in [-0.15, -0.1) is 0 Å². The number of rotatable bonds is 7. The number of amides is 3. The van der Waals surface area contributed by atoms with Gasteiger partial charge in [0.25, 0.3) is 5.91 Å². The van der Waals surface area contributed by atoms with Crippen LogP contribution in [0.4, 0.5) is 16.2 Å². The predicted molar refractivity (Wildman–Crippen MR) is 164 cm³/mol. The van der Waals surface area contributed by atoms with Crippen LogP contribution in [0.25, 0.3) is 0 Å². The standard InChI is InChI=1S/C30H33Cl3N6O2/c1-18-5-6-24(13-25(18)31)39(30(41)35-23-11-26(32)36-27(33)12-23)10-4-9-37-14-21-16-38(17-22(21)15-37)29(40)28-19(2)7-8-34-20(28)3/h5-8,11-13,21-22H,4,9-10,14-17H2,1-3H3,(H,35,36,41).